The molecule has 0 bridgehead atoms. The molecule has 1 aliphatic rings. The number of hydrogen-bond acceptors (Lipinski definition) is 6. The summed E-state index contributed by atoms with van der Waals surface area (Å²) in [6.07, 6.45) is -1.13. The second kappa shape index (κ2) is 11.3. The Morgan fingerprint density at radius 1 is 0.878 bits per heavy atom. The van der Waals surface area contributed by atoms with Gasteiger partial charge in [0, 0.05) is 5.69 Å². The Bertz CT molecular complexity index is 1790. The van der Waals surface area contributed by atoms with Crippen molar-refractivity contribution in [2.75, 3.05) is 20.9 Å². The van der Waals surface area contributed by atoms with Gasteiger partial charge in [0.05, 0.1) is 28.6 Å². The molecule has 4 aromatic carbocycles. The average Bonchev–Trinajstić information content (AvgIpc) is 2.95. The molecule has 212 valence electrons. The molecule has 0 aliphatic carbocycles. The Balaban J connectivity index is 1.32. The van der Waals surface area contributed by atoms with Crippen molar-refractivity contribution >= 4 is 43.0 Å². The van der Waals surface area contributed by atoms with Gasteiger partial charge in [-0.15, -0.1) is 0 Å². The number of nitrogens with one attached hydrogen (secondary N) is 2. The molecule has 9 nitrogen and oxygen atoms in total. The maximum absolute atomic E-state index is 13.4. The van der Waals surface area contributed by atoms with E-state index in [1.807, 2.05) is 32.0 Å². The van der Waals surface area contributed by atoms with E-state index in [1.54, 1.807) is 54.6 Å². The minimum atomic E-state index is -3.86. The van der Waals surface area contributed by atoms with Crippen LogP contribution in [0.5, 0.6) is 5.75 Å². The highest BCUT2D eigenvalue weighted by Gasteiger charge is 2.36. The summed E-state index contributed by atoms with van der Waals surface area (Å²) in [5.41, 5.74) is 3.52. The van der Waals surface area contributed by atoms with Gasteiger partial charge in [-0.1, -0.05) is 54.6 Å². The summed E-state index contributed by atoms with van der Waals surface area (Å²) >= 11 is 0. The molecule has 11 heteroatoms. The van der Waals surface area contributed by atoms with Gasteiger partial charge in [-0.05, 0) is 73.0 Å². The second-order valence-electron chi connectivity index (χ2n) is 9.78. The number of hydrogen-bond donors (Lipinski definition) is 2. The quantitative estimate of drug-likeness (QED) is 0.302. The van der Waals surface area contributed by atoms with Crippen molar-refractivity contribution in [3.8, 4) is 5.75 Å². The van der Waals surface area contributed by atoms with E-state index in [9.17, 15) is 21.6 Å². The number of ether oxygens (including phenoxy) is 1. The van der Waals surface area contributed by atoms with Gasteiger partial charge < -0.3 is 10.1 Å². The number of aryl methyl sites for hydroxylation is 2. The third kappa shape index (κ3) is 6.36. The van der Waals surface area contributed by atoms with Crippen molar-refractivity contribution < 1.29 is 26.4 Å². The number of rotatable bonds is 8. The third-order valence-corrected chi connectivity index (χ3v) is 9.72. The van der Waals surface area contributed by atoms with Gasteiger partial charge in [-0.25, -0.2) is 16.8 Å². The van der Waals surface area contributed by atoms with Gasteiger partial charge in [0.15, 0.2) is 6.10 Å². The maximum atomic E-state index is 13.4. The Labute approximate surface area is 239 Å². The number of benzene rings is 4. The Morgan fingerprint density at radius 3 is 2.29 bits per heavy atom. The molecule has 0 radical (unpaired) electrons. The standard InChI is InChI=1S/C30H29N3O6S2/c1-21-12-13-22(2)26(18-21)32-41(37,38)25-16-14-24(15-17-25)31-30(34)29-19-33(27-10-6-7-11-28(27)39-29)40(35,36)20-23-8-4-3-5-9-23/h3-18,29,32H,19-20H2,1-2H3,(H,31,34). The molecular weight excluding hydrogens is 562 g/mol. The normalized spacial score (nSPS) is 15.0. The fourth-order valence-electron chi connectivity index (χ4n) is 4.45. The summed E-state index contributed by atoms with van der Waals surface area (Å²) in [5, 5.41) is 2.71. The van der Waals surface area contributed by atoms with E-state index in [4.69, 9.17) is 4.74 Å². The van der Waals surface area contributed by atoms with Crippen molar-refractivity contribution in [2.24, 2.45) is 0 Å². The predicted molar refractivity (Wildman–Crippen MR) is 159 cm³/mol. The lowest BCUT2D eigenvalue weighted by Crippen LogP contribution is -2.49. The fraction of sp³-hybridized carbons (Fsp3) is 0.167. The number of carbonyl (C=O) groups is 1. The Kier molecular flexibility index (Phi) is 7.74. The van der Waals surface area contributed by atoms with E-state index in [1.165, 1.54) is 28.6 Å². The molecule has 1 heterocycles. The zero-order valence-electron chi connectivity index (χ0n) is 22.4. The molecule has 1 aliphatic heterocycles. The highest BCUT2D eigenvalue weighted by atomic mass is 32.2. The molecule has 1 unspecified atom stereocenters. The van der Waals surface area contributed by atoms with E-state index in [2.05, 4.69) is 10.0 Å². The molecule has 0 fully saturated rings. The first-order valence-corrected chi connectivity index (χ1v) is 15.9. The summed E-state index contributed by atoms with van der Waals surface area (Å²) in [6.45, 7) is 3.47. The van der Waals surface area contributed by atoms with Crippen molar-refractivity contribution in [3.63, 3.8) is 0 Å². The zero-order chi connectivity index (χ0) is 29.2. The fourth-order valence-corrected chi connectivity index (χ4v) is 7.16. The van der Waals surface area contributed by atoms with Crippen molar-refractivity contribution in [1.82, 2.24) is 0 Å². The largest absolute Gasteiger partial charge is 0.476 e. The summed E-state index contributed by atoms with van der Waals surface area (Å²) in [5.74, 6) is -0.527. The van der Waals surface area contributed by atoms with Gasteiger partial charge >= 0.3 is 0 Å². The topological polar surface area (TPSA) is 122 Å². The summed E-state index contributed by atoms with van der Waals surface area (Å²) in [4.78, 5) is 13.2. The molecule has 5 rings (SSSR count). The van der Waals surface area contributed by atoms with Gasteiger partial charge in [0.2, 0.25) is 10.0 Å². The minimum Gasteiger partial charge on any atom is -0.476 e. The van der Waals surface area contributed by atoms with Crippen molar-refractivity contribution in [2.45, 2.75) is 30.6 Å². The van der Waals surface area contributed by atoms with E-state index in [0.29, 0.717) is 22.6 Å². The van der Waals surface area contributed by atoms with Crippen LogP contribution in [0.4, 0.5) is 17.1 Å². The minimum absolute atomic E-state index is 0.0254. The molecule has 0 aromatic heterocycles. The molecule has 0 saturated carbocycles. The van der Waals surface area contributed by atoms with Gasteiger partial charge in [-0.2, -0.15) is 0 Å². The summed E-state index contributed by atoms with van der Waals surface area (Å²) in [6, 6.07) is 26.7. The van der Waals surface area contributed by atoms with Crippen LogP contribution in [-0.4, -0.2) is 35.4 Å². The van der Waals surface area contributed by atoms with Crippen LogP contribution in [0.1, 0.15) is 16.7 Å². The highest BCUT2D eigenvalue weighted by Crippen LogP contribution is 2.36. The van der Waals surface area contributed by atoms with Gasteiger partial charge in [0.1, 0.15) is 5.75 Å². The van der Waals surface area contributed by atoms with Crippen LogP contribution < -0.4 is 19.1 Å². The lowest BCUT2D eigenvalue weighted by Gasteiger charge is -2.34. The Morgan fingerprint density at radius 2 is 1.56 bits per heavy atom. The number of carbonyl (C=O) groups excluding carboxylic acids is 1. The molecule has 0 saturated heterocycles. The molecule has 1 amide bonds. The maximum Gasteiger partial charge on any atom is 0.267 e. The van der Waals surface area contributed by atoms with E-state index in [-0.39, 0.29) is 22.9 Å². The average molecular weight is 592 g/mol. The van der Waals surface area contributed by atoms with Crippen molar-refractivity contribution in [1.29, 1.82) is 0 Å². The summed E-state index contributed by atoms with van der Waals surface area (Å²) < 4.78 is 62.4. The zero-order valence-corrected chi connectivity index (χ0v) is 24.1. The first-order chi connectivity index (χ1) is 19.5. The monoisotopic (exact) mass is 591 g/mol. The van der Waals surface area contributed by atoms with E-state index < -0.39 is 32.1 Å². The number of anilines is 3. The molecule has 41 heavy (non-hydrogen) atoms. The Hall–Kier alpha value is -4.35. The van der Waals surface area contributed by atoms with Gasteiger partial charge in [0.25, 0.3) is 15.9 Å². The highest BCUT2D eigenvalue weighted by molar-refractivity contribution is 7.92. The lowest BCUT2D eigenvalue weighted by molar-refractivity contribution is -0.122. The van der Waals surface area contributed by atoms with Gasteiger partial charge in [-0.3, -0.25) is 13.8 Å². The third-order valence-electron chi connectivity index (χ3n) is 6.62. The van der Waals surface area contributed by atoms with Crippen LogP contribution in [0.25, 0.3) is 0 Å². The second-order valence-corrected chi connectivity index (χ2v) is 13.4. The lowest BCUT2D eigenvalue weighted by atomic mass is 10.1. The first kappa shape index (κ1) is 28.2. The smallest absolute Gasteiger partial charge is 0.267 e. The van der Waals surface area contributed by atoms with E-state index >= 15 is 0 Å². The number of fused-ring (bicyclic) bond motifs is 1. The molecule has 1 atom stereocenters. The number of amides is 1. The molecule has 4 aromatic rings. The molecule has 2 N–H and O–H groups in total. The van der Waals surface area contributed by atoms with Crippen LogP contribution in [0.3, 0.4) is 0 Å². The van der Waals surface area contributed by atoms with Crippen LogP contribution in [0, 0.1) is 13.8 Å². The predicted octanol–water partition coefficient (Wildman–Crippen LogP) is 4.84. The first-order valence-electron chi connectivity index (χ1n) is 12.8. The van der Waals surface area contributed by atoms with E-state index in [0.717, 1.165) is 11.1 Å². The number of sulfonamides is 2. The van der Waals surface area contributed by atoms with Crippen LogP contribution >= 0.6 is 0 Å². The molecular formula is C30H29N3O6S2. The van der Waals surface area contributed by atoms with Crippen LogP contribution in [-0.2, 0) is 30.6 Å². The summed E-state index contributed by atoms with van der Waals surface area (Å²) in [7, 11) is -7.71. The number of nitrogens with zero attached hydrogens (tertiary/aromatic N) is 1. The van der Waals surface area contributed by atoms with Crippen LogP contribution in [0.15, 0.2) is 102 Å². The number of para-hydroxylation sites is 2. The SMILES string of the molecule is Cc1ccc(C)c(NS(=O)(=O)c2ccc(NC(=O)C3CN(S(=O)(=O)Cc4ccccc4)c4ccccc4O3)cc2)c1. The van der Waals surface area contributed by atoms with Crippen molar-refractivity contribution in [3.05, 3.63) is 114 Å². The van der Waals surface area contributed by atoms with Crippen LogP contribution in [0.2, 0.25) is 0 Å². The molecule has 0 spiro atoms.